The fourth-order valence-electron chi connectivity index (χ4n) is 1.21. The van der Waals surface area contributed by atoms with Crippen molar-refractivity contribution in [1.29, 1.82) is 0 Å². The highest BCUT2D eigenvalue weighted by Crippen LogP contribution is 2.21. The molecule has 0 atom stereocenters. The summed E-state index contributed by atoms with van der Waals surface area (Å²) in [5.74, 6) is 0.816. The van der Waals surface area contributed by atoms with Crippen LogP contribution in [0, 0.1) is 0 Å². The van der Waals surface area contributed by atoms with Crippen LogP contribution in [0.15, 0.2) is 35.6 Å². The Morgan fingerprint density at radius 1 is 1.53 bits per heavy atom. The number of nitrogens with zero attached hydrogens (tertiary/aromatic N) is 3. The Morgan fingerprint density at radius 2 is 2.40 bits per heavy atom. The predicted molar refractivity (Wildman–Crippen MR) is 61.4 cm³/mol. The maximum absolute atomic E-state index is 5.67. The molecule has 2 N–H and O–H groups in total. The molecule has 2 aromatic heterocycles. The van der Waals surface area contributed by atoms with Crippen LogP contribution in [-0.2, 0) is 12.8 Å². The summed E-state index contributed by atoms with van der Waals surface area (Å²) in [6.07, 6.45) is 5.56. The Morgan fingerprint density at radius 3 is 3.07 bits per heavy atom. The second-order valence-corrected chi connectivity index (χ2v) is 4.27. The topological polar surface area (TPSA) is 56.7 Å². The molecule has 0 bridgehead atoms. The second-order valence-electron chi connectivity index (χ2n) is 3.22. The molecule has 0 spiro atoms. The zero-order valence-corrected chi connectivity index (χ0v) is 9.24. The normalized spacial score (nSPS) is 10.5. The predicted octanol–water partition coefficient (Wildman–Crippen LogP) is 1.69. The van der Waals surface area contributed by atoms with E-state index in [0.717, 1.165) is 22.0 Å². The van der Waals surface area contributed by atoms with Gasteiger partial charge < -0.3 is 5.73 Å². The lowest BCUT2D eigenvalue weighted by atomic mass is 10.3. The summed E-state index contributed by atoms with van der Waals surface area (Å²) in [7, 11) is 1.91. The number of hydrogen-bond donors (Lipinski definition) is 1. The Bertz CT molecular complexity index is 452. The fourth-order valence-corrected chi connectivity index (χ4v) is 2.03. The van der Waals surface area contributed by atoms with Crippen molar-refractivity contribution in [2.24, 2.45) is 7.05 Å². The van der Waals surface area contributed by atoms with E-state index in [1.54, 1.807) is 28.7 Å². The summed E-state index contributed by atoms with van der Waals surface area (Å²) in [4.78, 5) is 5.37. The third kappa shape index (κ3) is 2.73. The molecule has 0 aliphatic rings. The van der Waals surface area contributed by atoms with Crippen LogP contribution in [0.2, 0.25) is 0 Å². The van der Waals surface area contributed by atoms with Crippen LogP contribution < -0.4 is 5.73 Å². The molecule has 0 amide bonds. The van der Waals surface area contributed by atoms with E-state index in [0.29, 0.717) is 0 Å². The molecule has 0 aliphatic heterocycles. The maximum atomic E-state index is 5.67. The SMILES string of the molecule is Cn1cc(SCc2cc(N)ccn2)cn1. The van der Waals surface area contributed by atoms with Gasteiger partial charge >= 0.3 is 0 Å². The van der Waals surface area contributed by atoms with Crippen molar-refractivity contribution >= 4 is 17.4 Å². The molecule has 15 heavy (non-hydrogen) atoms. The van der Waals surface area contributed by atoms with Crippen LogP contribution in [0.25, 0.3) is 0 Å². The molecule has 0 aromatic carbocycles. The van der Waals surface area contributed by atoms with E-state index < -0.39 is 0 Å². The number of aromatic nitrogens is 3. The van der Waals surface area contributed by atoms with Gasteiger partial charge in [0.1, 0.15) is 0 Å². The van der Waals surface area contributed by atoms with E-state index >= 15 is 0 Å². The Balaban J connectivity index is 1.99. The van der Waals surface area contributed by atoms with E-state index in [-0.39, 0.29) is 0 Å². The Labute approximate surface area is 92.5 Å². The molecule has 2 heterocycles. The third-order valence-electron chi connectivity index (χ3n) is 1.91. The molecule has 0 fully saturated rings. The molecule has 5 heteroatoms. The molecule has 78 valence electrons. The average molecular weight is 220 g/mol. The van der Waals surface area contributed by atoms with Gasteiger partial charge in [-0.2, -0.15) is 5.10 Å². The first-order chi connectivity index (χ1) is 7.24. The van der Waals surface area contributed by atoms with Gasteiger partial charge in [-0.1, -0.05) is 0 Å². The fraction of sp³-hybridized carbons (Fsp3) is 0.200. The first-order valence-corrected chi connectivity index (χ1v) is 5.54. The molecule has 0 radical (unpaired) electrons. The average Bonchev–Trinajstić information content (AvgIpc) is 2.62. The lowest BCUT2D eigenvalue weighted by Crippen LogP contribution is -1.90. The van der Waals surface area contributed by atoms with Gasteiger partial charge in [-0.25, -0.2) is 0 Å². The van der Waals surface area contributed by atoms with Crippen molar-refractivity contribution in [3.05, 3.63) is 36.4 Å². The summed E-state index contributed by atoms with van der Waals surface area (Å²) in [5, 5.41) is 4.10. The maximum Gasteiger partial charge on any atom is 0.0625 e. The van der Waals surface area contributed by atoms with Crippen molar-refractivity contribution in [3.8, 4) is 0 Å². The molecule has 2 aromatic rings. The standard InChI is InChI=1S/C10H12N4S/c1-14-6-10(5-13-14)15-7-9-4-8(11)2-3-12-9/h2-6H,7H2,1H3,(H2,11,12). The van der Waals surface area contributed by atoms with Gasteiger partial charge in [0, 0.05) is 35.8 Å². The van der Waals surface area contributed by atoms with Gasteiger partial charge in [-0.3, -0.25) is 9.67 Å². The summed E-state index contributed by atoms with van der Waals surface area (Å²) in [6.45, 7) is 0. The summed E-state index contributed by atoms with van der Waals surface area (Å²) >= 11 is 1.70. The number of hydrogen-bond acceptors (Lipinski definition) is 4. The van der Waals surface area contributed by atoms with E-state index in [2.05, 4.69) is 10.1 Å². The third-order valence-corrected chi connectivity index (χ3v) is 2.89. The minimum absolute atomic E-state index is 0.756. The van der Waals surface area contributed by atoms with Crippen LogP contribution in [0.5, 0.6) is 0 Å². The monoisotopic (exact) mass is 220 g/mol. The van der Waals surface area contributed by atoms with Gasteiger partial charge in [0.25, 0.3) is 0 Å². The molecule has 0 saturated carbocycles. The highest BCUT2D eigenvalue weighted by molar-refractivity contribution is 7.98. The number of pyridine rings is 1. The van der Waals surface area contributed by atoms with Crippen LogP contribution in [0.1, 0.15) is 5.69 Å². The molecular formula is C10H12N4S. The van der Waals surface area contributed by atoms with Crippen molar-refractivity contribution in [1.82, 2.24) is 14.8 Å². The second kappa shape index (κ2) is 4.35. The smallest absolute Gasteiger partial charge is 0.0625 e. The number of nitrogen functional groups attached to an aromatic ring is 1. The molecule has 4 nitrogen and oxygen atoms in total. The van der Waals surface area contributed by atoms with Crippen LogP contribution >= 0.6 is 11.8 Å². The molecule has 0 unspecified atom stereocenters. The quantitative estimate of drug-likeness (QED) is 0.800. The van der Waals surface area contributed by atoms with Crippen molar-refractivity contribution in [2.75, 3.05) is 5.73 Å². The minimum atomic E-state index is 0.756. The summed E-state index contributed by atoms with van der Waals surface area (Å²) in [6, 6.07) is 3.68. The summed E-state index contributed by atoms with van der Waals surface area (Å²) < 4.78 is 1.79. The first kappa shape index (κ1) is 10.0. The number of nitrogens with two attached hydrogens (primary N) is 1. The lowest BCUT2D eigenvalue weighted by molar-refractivity contribution is 0.766. The number of aryl methyl sites for hydroxylation is 1. The van der Waals surface area contributed by atoms with Crippen LogP contribution in [0.3, 0.4) is 0 Å². The molecule has 0 aliphatic carbocycles. The number of thioether (sulfide) groups is 1. The van der Waals surface area contributed by atoms with E-state index in [1.165, 1.54) is 0 Å². The van der Waals surface area contributed by atoms with Gasteiger partial charge in [0.05, 0.1) is 11.9 Å². The molecule has 2 rings (SSSR count). The Kier molecular flexibility index (Phi) is 2.91. The lowest BCUT2D eigenvalue weighted by Gasteiger charge is -1.99. The van der Waals surface area contributed by atoms with Gasteiger partial charge in [0.15, 0.2) is 0 Å². The highest BCUT2D eigenvalue weighted by Gasteiger charge is 1.99. The van der Waals surface area contributed by atoms with Crippen molar-refractivity contribution < 1.29 is 0 Å². The van der Waals surface area contributed by atoms with E-state index in [1.807, 2.05) is 25.5 Å². The first-order valence-electron chi connectivity index (χ1n) is 4.56. The zero-order valence-electron chi connectivity index (χ0n) is 8.42. The van der Waals surface area contributed by atoms with E-state index in [9.17, 15) is 0 Å². The zero-order chi connectivity index (χ0) is 10.7. The molecular weight excluding hydrogens is 208 g/mol. The van der Waals surface area contributed by atoms with E-state index in [4.69, 9.17) is 5.73 Å². The largest absolute Gasteiger partial charge is 0.399 e. The van der Waals surface area contributed by atoms with Gasteiger partial charge in [-0.15, -0.1) is 11.8 Å². The Hall–Kier alpha value is -1.49. The van der Waals surface area contributed by atoms with Crippen LogP contribution in [-0.4, -0.2) is 14.8 Å². The van der Waals surface area contributed by atoms with Gasteiger partial charge in [-0.05, 0) is 12.1 Å². The van der Waals surface area contributed by atoms with Gasteiger partial charge in [0.2, 0.25) is 0 Å². The van der Waals surface area contributed by atoms with Crippen molar-refractivity contribution in [2.45, 2.75) is 10.6 Å². The van der Waals surface area contributed by atoms with Crippen LogP contribution in [0.4, 0.5) is 5.69 Å². The highest BCUT2D eigenvalue weighted by atomic mass is 32.2. The van der Waals surface area contributed by atoms with Crippen molar-refractivity contribution in [3.63, 3.8) is 0 Å². The number of anilines is 1. The summed E-state index contributed by atoms with van der Waals surface area (Å²) in [5.41, 5.74) is 7.41. The number of rotatable bonds is 3. The molecule has 0 saturated heterocycles. The minimum Gasteiger partial charge on any atom is -0.399 e.